The number of hydrogen-bond acceptors (Lipinski definition) is 4. The lowest BCUT2D eigenvalue weighted by Gasteiger charge is -2.24. The number of carbonyl (C=O) groups excluding carboxylic acids is 1. The number of ether oxygens (including phenoxy) is 2. The molecule has 0 bridgehead atoms. The molecule has 1 amide bonds. The van der Waals surface area contributed by atoms with Gasteiger partial charge < -0.3 is 14.8 Å². The minimum Gasteiger partial charge on any atom is -0.486 e. The summed E-state index contributed by atoms with van der Waals surface area (Å²) in [7, 11) is 0. The van der Waals surface area contributed by atoms with E-state index < -0.39 is 0 Å². The van der Waals surface area contributed by atoms with Crippen LogP contribution in [0.2, 0.25) is 0 Å². The van der Waals surface area contributed by atoms with Gasteiger partial charge in [0.05, 0.1) is 0 Å². The van der Waals surface area contributed by atoms with Gasteiger partial charge in [0.2, 0.25) is 5.91 Å². The van der Waals surface area contributed by atoms with Crippen LogP contribution in [0.3, 0.4) is 0 Å². The standard InChI is InChI=1S/C20H24N2O3/c1-14(2)17(12-20(23)22-13-15-5-7-21-8-6-15)16-3-4-18-19(11-16)25-10-9-24-18/h3-8,11,14,17H,9-10,12-13H2,1-2H3,(H,22,23). The monoisotopic (exact) mass is 340 g/mol. The van der Waals surface area contributed by atoms with Crippen LogP contribution in [0.5, 0.6) is 11.5 Å². The van der Waals surface area contributed by atoms with E-state index in [1.807, 2.05) is 30.3 Å². The minimum atomic E-state index is 0.0467. The molecule has 0 aliphatic carbocycles. The highest BCUT2D eigenvalue weighted by molar-refractivity contribution is 5.77. The Balaban J connectivity index is 1.65. The molecule has 25 heavy (non-hydrogen) atoms. The van der Waals surface area contributed by atoms with Gasteiger partial charge in [-0.15, -0.1) is 0 Å². The second kappa shape index (κ2) is 8.01. The van der Waals surface area contributed by atoms with Gasteiger partial charge in [0, 0.05) is 25.4 Å². The lowest BCUT2D eigenvalue weighted by molar-refractivity contribution is -0.121. The summed E-state index contributed by atoms with van der Waals surface area (Å²) in [6.45, 7) is 5.94. The first-order valence-electron chi connectivity index (χ1n) is 8.68. The molecule has 2 aromatic rings. The van der Waals surface area contributed by atoms with E-state index in [9.17, 15) is 4.79 Å². The Kier molecular flexibility index (Phi) is 5.53. The van der Waals surface area contributed by atoms with Gasteiger partial charge in [-0.1, -0.05) is 19.9 Å². The normalized spacial score (nSPS) is 14.2. The Labute approximate surface area is 148 Å². The van der Waals surface area contributed by atoms with Crippen LogP contribution in [0.1, 0.15) is 37.3 Å². The summed E-state index contributed by atoms with van der Waals surface area (Å²) < 4.78 is 11.3. The number of carbonyl (C=O) groups is 1. The van der Waals surface area contributed by atoms with E-state index >= 15 is 0 Å². The van der Waals surface area contributed by atoms with Gasteiger partial charge in [-0.3, -0.25) is 9.78 Å². The van der Waals surface area contributed by atoms with Crippen molar-refractivity contribution in [2.45, 2.75) is 32.7 Å². The Hall–Kier alpha value is -2.56. The largest absolute Gasteiger partial charge is 0.486 e. The number of nitrogens with one attached hydrogen (secondary N) is 1. The van der Waals surface area contributed by atoms with E-state index in [0.29, 0.717) is 32.1 Å². The van der Waals surface area contributed by atoms with E-state index in [1.54, 1.807) is 12.4 Å². The van der Waals surface area contributed by atoms with Crippen molar-refractivity contribution in [2.75, 3.05) is 13.2 Å². The molecule has 0 radical (unpaired) electrons. The molecule has 1 aliphatic rings. The lowest BCUT2D eigenvalue weighted by atomic mass is 9.85. The van der Waals surface area contributed by atoms with E-state index in [0.717, 1.165) is 22.6 Å². The summed E-state index contributed by atoms with van der Waals surface area (Å²) in [6.07, 6.45) is 3.91. The summed E-state index contributed by atoms with van der Waals surface area (Å²) in [5, 5.41) is 2.99. The first-order valence-corrected chi connectivity index (χ1v) is 8.68. The van der Waals surface area contributed by atoms with E-state index in [2.05, 4.69) is 24.1 Å². The number of aromatic nitrogens is 1. The molecule has 5 heteroatoms. The summed E-state index contributed by atoms with van der Waals surface area (Å²) in [5.74, 6) is 2.07. The van der Waals surface area contributed by atoms with Crippen molar-refractivity contribution in [1.82, 2.24) is 10.3 Å². The average molecular weight is 340 g/mol. The predicted octanol–water partition coefficient (Wildman–Crippen LogP) is 3.30. The van der Waals surface area contributed by atoms with Gasteiger partial charge in [0.1, 0.15) is 13.2 Å². The minimum absolute atomic E-state index is 0.0467. The van der Waals surface area contributed by atoms with E-state index in [1.165, 1.54) is 0 Å². The van der Waals surface area contributed by atoms with Crippen molar-refractivity contribution in [3.05, 3.63) is 53.9 Å². The molecule has 1 aliphatic heterocycles. The zero-order valence-corrected chi connectivity index (χ0v) is 14.7. The Morgan fingerprint density at radius 2 is 1.84 bits per heavy atom. The number of rotatable bonds is 6. The smallest absolute Gasteiger partial charge is 0.220 e. The van der Waals surface area contributed by atoms with Crippen LogP contribution in [0.15, 0.2) is 42.7 Å². The SMILES string of the molecule is CC(C)C(CC(=O)NCc1ccncc1)c1ccc2c(c1)OCCO2. The number of amides is 1. The summed E-state index contributed by atoms with van der Waals surface area (Å²) in [6, 6.07) is 9.79. The van der Waals surface area contributed by atoms with Crippen LogP contribution in [-0.4, -0.2) is 24.1 Å². The van der Waals surface area contributed by atoms with Gasteiger partial charge in [-0.25, -0.2) is 0 Å². The molecule has 1 aromatic heterocycles. The van der Waals surface area contributed by atoms with Crippen LogP contribution in [0.4, 0.5) is 0 Å². The third kappa shape index (κ3) is 4.50. The molecule has 0 saturated carbocycles. The van der Waals surface area contributed by atoms with Gasteiger partial charge in [0.25, 0.3) is 0 Å². The Morgan fingerprint density at radius 3 is 2.56 bits per heavy atom. The fraction of sp³-hybridized carbons (Fsp3) is 0.400. The molecular formula is C20H24N2O3. The molecule has 1 unspecified atom stereocenters. The topological polar surface area (TPSA) is 60.5 Å². The third-order valence-electron chi connectivity index (χ3n) is 4.44. The maximum atomic E-state index is 12.4. The highest BCUT2D eigenvalue weighted by atomic mass is 16.6. The first kappa shape index (κ1) is 17.3. The van der Waals surface area contributed by atoms with Crippen molar-refractivity contribution in [2.24, 2.45) is 5.92 Å². The molecule has 3 rings (SSSR count). The average Bonchev–Trinajstić information content (AvgIpc) is 2.64. The predicted molar refractivity (Wildman–Crippen MR) is 95.7 cm³/mol. The van der Waals surface area contributed by atoms with Crippen molar-refractivity contribution >= 4 is 5.91 Å². The van der Waals surface area contributed by atoms with Crippen molar-refractivity contribution in [3.8, 4) is 11.5 Å². The molecular weight excluding hydrogens is 316 g/mol. The lowest BCUT2D eigenvalue weighted by Crippen LogP contribution is -2.26. The zero-order chi connectivity index (χ0) is 17.6. The molecule has 1 aromatic carbocycles. The second-order valence-corrected chi connectivity index (χ2v) is 6.59. The Bertz CT molecular complexity index is 716. The second-order valence-electron chi connectivity index (χ2n) is 6.59. The fourth-order valence-electron chi connectivity index (χ4n) is 3.00. The van der Waals surface area contributed by atoms with Crippen LogP contribution >= 0.6 is 0 Å². The van der Waals surface area contributed by atoms with Crippen LogP contribution < -0.4 is 14.8 Å². The molecule has 1 atom stereocenters. The van der Waals surface area contributed by atoms with Crippen molar-refractivity contribution in [3.63, 3.8) is 0 Å². The third-order valence-corrected chi connectivity index (χ3v) is 4.44. The fourth-order valence-corrected chi connectivity index (χ4v) is 3.00. The maximum absolute atomic E-state index is 12.4. The van der Waals surface area contributed by atoms with E-state index in [4.69, 9.17) is 9.47 Å². The first-order chi connectivity index (χ1) is 12.1. The maximum Gasteiger partial charge on any atom is 0.220 e. The molecule has 5 nitrogen and oxygen atoms in total. The summed E-state index contributed by atoms with van der Waals surface area (Å²) in [4.78, 5) is 16.4. The highest BCUT2D eigenvalue weighted by Gasteiger charge is 2.22. The van der Waals surface area contributed by atoms with Gasteiger partial charge >= 0.3 is 0 Å². The Morgan fingerprint density at radius 1 is 1.12 bits per heavy atom. The molecule has 132 valence electrons. The van der Waals surface area contributed by atoms with Gasteiger partial charge in [-0.05, 0) is 47.2 Å². The summed E-state index contributed by atoms with van der Waals surface area (Å²) >= 11 is 0. The summed E-state index contributed by atoms with van der Waals surface area (Å²) in [5.41, 5.74) is 2.15. The van der Waals surface area contributed by atoms with E-state index in [-0.39, 0.29) is 11.8 Å². The van der Waals surface area contributed by atoms with Crippen molar-refractivity contribution in [1.29, 1.82) is 0 Å². The molecule has 0 saturated heterocycles. The van der Waals surface area contributed by atoms with Crippen LogP contribution in [0.25, 0.3) is 0 Å². The number of pyridine rings is 1. The highest BCUT2D eigenvalue weighted by Crippen LogP contribution is 2.36. The quantitative estimate of drug-likeness (QED) is 0.876. The van der Waals surface area contributed by atoms with Crippen LogP contribution in [0, 0.1) is 5.92 Å². The molecule has 2 heterocycles. The zero-order valence-electron chi connectivity index (χ0n) is 14.7. The number of benzene rings is 1. The number of hydrogen-bond donors (Lipinski definition) is 1. The van der Waals surface area contributed by atoms with Crippen LogP contribution in [-0.2, 0) is 11.3 Å². The molecule has 0 spiro atoms. The molecule has 0 fully saturated rings. The van der Waals surface area contributed by atoms with Gasteiger partial charge in [-0.2, -0.15) is 0 Å². The van der Waals surface area contributed by atoms with Crippen molar-refractivity contribution < 1.29 is 14.3 Å². The number of nitrogens with zero attached hydrogens (tertiary/aromatic N) is 1. The molecule has 1 N–H and O–H groups in total. The number of fused-ring (bicyclic) bond motifs is 1. The van der Waals surface area contributed by atoms with Gasteiger partial charge in [0.15, 0.2) is 11.5 Å².